The summed E-state index contributed by atoms with van der Waals surface area (Å²) in [5.74, 6) is 0. The molecule has 0 aromatic carbocycles. The molecule has 0 saturated heterocycles. The molecule has 0 aromatic heterocycles. The highest BCUT2D eigenvalue weighted by Crippen LogP contribution is 2.28. The van der Waals surface area contributed by atoms with Crippen molar-refractivity contribution in [1.82, 2.24) is 0 Å². The van der Waals surface area contributed by atoms with Crippen LogP contribution in [0.3, 0.4) is 0 Å². The monoisotopic (exact) mass is 203 g/mol. The van der Waals surface area contributed by atoms with E-state index in [0.29, 0.717) is 5.66 Å². The van der Waals surface area contributed by atoms with Crippen molar-refractivity contribution in [3.8, 4) is 0 Å². The first kappa shape index (κ1) is 13.1. The van der Waals surface area contributed by atoms with Crippen molar-refractivity contribution in [2.24, 2.45) is 0 Å². The van der Waals surface area contributed by atoms with Gasteiger partial charge in [0.05, 0.1) is 0 Å². The van der Waals surface area contributed by atoms with E-state index in [0.717, 1.165) is 12.6 Å². The van der Waals surface area contributed by atoms with Crippen LogP contribution < -0.4 is 0 Å². The zero-order valence-electron chi connectivity index (χ0n) is 9.38. The summed E-state index contributed by atoms with van der Waals surface area (Å²) in [5, 5.41) is 0. The number of rotatable bonds is 8. The van der Waals surface area contributed by atoms with E-state index in [1.165, 1.54) is 32.1 Å². The van der Waals surface area contributed by atoms with Gasteiger partial charge in [-0.25, -0.2) is 0 Å². The Morgan fingerprint density at radius 2 is 1.54 bits per heavy atom. The first-order valence-corrected chi connectivity index (χ1v) is 7.13. The van der Waals surface area contributed by atoms with Gasteiger partial charge in [0.1, 0.15) is 11.8 Å². The van der Waals surface area contributed by atoms with Gasteiger partial charge in [0.2, 0.25) is 0 Å². The molecule has 0 fully saturated rings. The van der Waals surface area contributed by atoms with Gasteiger partial charge in [-0.2, -0.15) is 0 Å². The summed E-state index contributed by atoms with van der Waals surface area (Å²) in [6.07, 6.45) is 8.73. The van der Waals surface area contributed by atoms with E-state index in [1.807, 2.05) is 0 Å². The van der Waals surface area contributed by atoms with E-state index >= 15 is 0 Å². The van der Waals surface area contributed by atoms with Gasteiger partial charge in [0.25, 0.3) is 0 Å². The van der Waals surface area contributed by atoms with Crippen molar-refractivity contribution in [3.05, 3.63) is 0 Å². The topological polar surface area (TPSA) is 17.1 Å². The SMILES string of the molecule is CCCCCCCC[P+](=O)C(C)C. The Kier molecular flexibility index (Phi) is 8.75. The van der Waals surface area contributed by atoms with Crippen LogP contribution in [0.25, 0.3) is 0 Å². The summed E-state index contributed by atoms with van der Waals surface area (Å²) in [4.78, 5) is 0. The Labute approximate surface area is 84.1 Å². The predicted octanol–water partition coefficient (Wildman–Crippen LogP) is 4.58. The Balaban J connectivity index is 3.12. The van der Waals surface area contributed by atoms with Crippen LogP contribution in [0.5, 0.6) is 0 Å². The van der Waals surface area contributed by atoms with Crippen LogP contribution in [0.1, 0.15) is 59.3 Å². The normalized spacial score (nSPS) is 12.2. The maximum Gasteiger partial charge on any atom is 0.341 e. The summed E-state index contributed by atoms with van der Waals surface area (Å²) in [7, 11) is -0.914. The molecule has 0 saturated carbocycles. The van der Waals surface area contributed by atoms with Crippen LogP contribution in [-0.2, 0) is 4.57 Å². The van der Waals surface area contributed by atoms with Crippen LogP contribution in [-0.4, -0.2) is 11.8 Å². The van der Waals surface area contributed by atoms with E-state index in [4.69, 9.17) is 0 Å². The molecule has 0 aromatic rings. The van der Waals surface area contributed by atoms with Crippen molar-refractivity contribution in [2.45, 2.75) is 65.0 Å². The van der Waals surface area contributed by atoms with Crippen LogP contribution in [0.4, 0.5) is 0 Å². The van der Waals surface area contributed by atoms with Crippen molar-refractivity contribution in [3.63, 3.8) is 0 Å². The van der Waals surface area contributed by atoms with E-state index in [-0.39, 0.29) is 0 Å². The van der Waals surface area contributed by atoms with Crippen molar-refractivity contribution >= 4 is 7.80 Å². The molecule has 13 heavy (non-hydrogen) atoms. The molecule has 0 bridgehead atoms. The van der Waals surface area contributed by atoms with Gasteiger partial charge in [0, 0.05) is 0 Å². The van der Waals surface area contributed by atoms with E-state index < -0.39 is 7.80 Å². The molecule has 0 heterocycles. The fraction of sp³-hybridized carbons (Fsp3) is 1.00. The Morgan fingerprint density at radius 3 is 2.08 bits per heavy atom. The van der Waals surface area contributed by atoms with Gasteiger partial charge in [-0.3, -0.25) is 0 Å². The molecular weight excluding hydrogens is 179 g/mol. The molecule has 1 unspecified atom stereocenters. The van der Waals surface area contributed by atoms with Gasteiger partial charge in [-0.1, -0.05) is 37.2 Å². The molecule has 0 aliphatic heterocycles. The summed E-state index contributed by atoms with van der Waals surface area (Å²) in [5.41, 5.74) is 0.380. The van der Waals surface area contributed by atoms with Gasteiger partial charge in [-0.05, 0) is 26.7 Å². The molecule has 2 heteroatoms. The lowest BCUT2D eigenvalue weighted by Gasteiger charge is -1.96. The molecule has 0 N–H and O–H groups in total. The lowest BCUT2D eigenvalue weighted by atomic mass is 10.1. The fourth-order valence-electron chi connectivity index (χ4n) is 1.31. The molecule has 0 aliphatic rings. The van der Waals surface area contributed by atoms with Crippen molar-refractivity contribution < 1.29 is 4.57 Å². The number of hydrogen-bond acceptors (Lipinski definition) is 1. The predicted molar refractivity (Wildman–Crippen MR) is 61.0 cm³/mol. The number of unbranched alkanes of at least 4 members (excludes halogenated alkanes) is 5. The van der Waals surface area contributed by atoms with E-state index in [2.05, 4.69) is 20.8 Å². The third-order valence-corrected chi connectivity index (χ3v) is 4.22. The van der Waals surface area contributed by atoms with Gasteiger partial charge >= 0.3 is 7.80 Å². The van der Waals surface area contributed by atoms with Crippen molar-refractivity contribution in [1.29, 1.82) is 0 Å². The van der Waals surface area contributed by atoms with Crippen LogP contribution >= 0.6 is 7.80 Å². The second-order valence-electron chi connectivity index (χ2n) is 4.00. The van der Waals surface area contributed by atoms with Crippen molar-refractivity contribution in [2.75, 3.05) is 6.16 Å². The van der Waals surface area contributed by atoms with Crippen LogP contribution in [0.15, 0.2) is 0 Å². The quantitative estimate of drug-likeness (QED) is 0.416. The van der Waals surface area contributed by atoms with Crippen LogP contribution in [0, 0.1) is 0 Å². The third kappa shape index (κ3) is 8.43. The molecule has 78 valence electrons. The maximum atomic E-state index is 11.4. The molecule has 1 atom stereocenters. The van der Waals surface area contributed by atoms with Crippen LogP contribution in [0.2, 0.25) is 0 Å². The third-order valence-electron chi connectivity index (χ3n) is 2.31. The van der Waals surface area contributed by atoms with E-state index in [1.54, 1.807) is 0 Å². The summed E-state index contributed by atoms with van der Waals surface area (Å²) in [6, 6.07) is 0. The second-order valence-corrected chi connectivity index (χ2v) is 6.32. The van der Waals surface area contributed by atoms with Gasteiger partial charge in [-0.15, -0.1) is 0 Å². The van der Waals surface area contributed by atoms with E-state index in [9.17, 15) is 4.57 Å². The Bertz CT molecular complexity index is 132. The minimum Gasteiger partial charge on any atom is -0.0745 e. The lowest BCUT2D eigenvalue weighted by molar-refractivity contribution is 0.575. The molecular formula is C11H24OP+. The average Bonchev–Trinajstić information content (AvgIpc) is 2.10. The largest absolute Gasteiger partial charge is 0.341 e. The zero-order chi connectivity index (χ0) is 10.1. The highest BCUT2D eigenvalue weighted by atomic mass is 31.1. The molecule has 0 spiro atoms. The Morgan fingerprint density at radius 1 is 1.00 bits per heavy atom. The smallest absolute Gasteiger partial charge is 0.0745 e. The average molecular weight is 203 g/mol. The van der Waals surface area contributed by atoms with Gasteiger partial charge in [0.15, 0.2) is 0 Å². The second kappa shape index (κ2) is 8.69. The fourth-order valence-corrected chi connectivity index (χ4v) is 2.36. The molecule has 0 amide bonds. The summed E-state index contributed by atoms with van der Waals surface area (Å²) in [6.45, 7) is 6.33. The molecule has 0 rings (SSSR count). The summed E-state index contributed by atoms with van der Waals surface area (Å²) < 4.78 is 11.4. The number of hydrogen-bond donors (Lipinski definition) is 0. The lowest BCUT2D eigenvalue weighted by Crippen LogP contribution is -1.90. The molecule has 0 radical (unpaired) electrons. The molecule has 0 aliphatic carbocycles. The zero-order valence-corrected chi connectivity index (χ0v) is 10.3. The standard InChI is InChI=1S/C11H24OP/c1-4-5-6-7-8-9-10-13(12)11(2)3/h11H,4-10H2,1-3H3/q+1. The minimum atomic E-state index is -0.914. The summed E-state index contributed by atoms with van der Waals surface area (Å²) >= 11 is 0. The first-order chi connectivity index (χ1) is 6.18. The maximum absolute atomic E-state index is 11.4. The molecule has 1 nitrogen and oxygen atoms in total. The van der Waals surface area contributed by atoms with Gasteiger partial charge < -0.3 is 0 Å². The highest BCUT2D eigenvalue weighted by molar-refractivity contribution is 7.45. The highest BCUT2D eigenvalue weighted by Gasteiger charge is 2.18. The Hall–Kier alpha value is 0.100. The minimum absolute atomic E-state index is 0.380. The first-order valence-electron chi connectivity index (χ1n) is 5.62.